The van der Waals surface area contributed by atoms with Crippen molar-refractivity contribution < 1.29 is 4.84 Å². The lowest BCUT2D eigenvalue weighted by Gasteiger charge is -2.17. The van der Waals surface area contributed by atoms with Crippen molar-refractivity contribution in [3.63, 3.8) is 0 Å². The van der Waals surface area contributed by atoms with Crippen LogP contribution in [0.25, 0.3) is 10.9 Å². The average Bonchev–Trinajstić information content (AvgIpc) is 2.53. The highest BCUT2D eigenvalue weighted by Gasteiger charge is 2.16. The van der Waals surface area contributed by atoms with Crippen LogP contribution in [-0.2, 0) is 6.42 Å². The summed E-state index contributed by atoms with van der Waals surface area (Å²) in [5.41, 5.74) is 2.58. The maximum Gasteiger partial charge on any atom is 0.104 e. The molecule has 17 heavy (non-hydrogen) atoms. The SMILES string of the molecule is COn1cc(CC(C)(C)C)c2ccc(Cl)cc21. The molecule has 0 radical (unpaired) electrons. The van der Waals surface area contributed by atoms with Crippen LogP contribution >= 0.6 is 11.6 Å². The van der Waals surface area contributed by atoms with Gasteiger partial charge >= 0.3 is 0 Å². The maximum atomic E-state index is 6.02. The van der Waals surface area contributed by atoms with E-state index >= 15 is 0 Å². The van der Waals surface area contributed by atoms with Crippen molar-refractivity contribution in [2.24, 2.45) is 5.41 Å². The van der Waals surface area contributed by atoms with Crippen molar-refractivity contribution in [3.05, 3.63) is 35.0 Å². The average molecular weight is 252 g/mol. The van der Waals surface area contributed by atoms with Gasteiger partial charge in [-0.1, -0.05) is 38.4 Å². The quantitative estimate of drug-likeness (QED) is 0.789. The Labute approximate surface area is 107 Å². The summed E-state index contributed by atoms with van der Waals surface area (Å²) in [5, 5.41) is 1.95. The molecule has 0 aliphatic rings. The molecule has 1 aromatic carbocycles. The first-order valence-electron chi connectivity index (χ1n) is 5.75. The van der Waals surface area contributed by atoms with Gasteiger partial charge in [0.1, 0.15) is 7.11 Å². The summed E-state index contributed by atoms with van der Waals surface area (Å²) in [7, 11) is 1.67. The number of fused-ring (bicyclic) bond motifs is 1. The zero-order valence-electron chi connectivity index (χ0n) is 10.7. The fourth-order valence-corrected chi connectivity index (χ4v) is 2.27. The highest BCUT2D eigenvalue weighted by Crippen LogP contribution is 2.29. The van der Waals surface area contributed by atoms with Crippen LogP contribution in [0, 0.1) is 5.41 Å². The molecule has 92 valence electrons. The van der Waals surface area contributed by atoms with Crippen LogP contribution in [0.2, 0.25) is 5.02 Å². The van der Waals surface area contributed by atoms with Gasteiger partial charge in [-0.25, -0.2) is 0 Å². The van der Waals surface area contributed by atoms with Gasteiger partial charge in [0.05, 0.1) is 5.52 Å². The van der Waals surface area contributed by atoms with Crippen LogP contribution in [0.3, 0.4) is 0 Å². The highest BCUT2D eigenvalue weighted by molar-refractivity contribution is 6.31. The fourth-order valence-electron chi connectivity index (χ4n) is 2.10. The summed E-state index contributed by atoms with van der Waals surface area (Å²) in [6.45, 7) is 6.71. The van der Waals surface area contributed by atoms with Gasteiger partial charge in [0.2, 0.25) is 0 Å². The Morgan fingerprint density at radius 2 is 2.00 bits per heavy atom. The van der Waals surface area contributed by atoms with Gasteiger partial charge < -0.3 is 4.84 Å². The summed E-state index contributed by atoms with van der Waals surface area (Å²) in [6.07, 6.45) is 3.06. The van der Waals surface area contributed by atoms with E-state index < -0.39 is 0 Å². The molecule has 2 rings (SSSR count). The molecule has 2 nitrogen and oxygen atoms in total. The van der Waals surface area contributed by atoms with E-state index in [1.165, 1.54) is 10.9 Å². The molecule has 2 aromatic rings. The third-order valence-electron chi connectivity index (χ3n) is 2.73. The molecule has 0 fully saturated rings. The predicted octanol–water partition coefficient (Wildman–Crippen LogP) is 3.94. The molecular weight excluding hydrogens is 234 g/mol. The van der Waals surface area contributed by atoms with Gasteiger partial charge in [-0.15, -0.1) is 0 Å². The lowest BCUT2D eigenvalue weighted by Crippen LogP contribution is -2.09. The first-order chi connectivity index (χ1) is 7.90. The van der Waals surface area contributed by atoms with Crippen molar-refractivity contribution >= 4 is 22.5 Å². The van der Waals surface area contributed by atoms with Crippen LogP contribution in [0.1, 0.15) is 26.3 Å². The van der Waals surface area contributed by atoms with Crippen LogP contribution in [0.15, 0.2) is 24.4 Å². The van der Waals surface area contributed by atoms with E-state index in [2.05, 4.69) is 26.8 Å². The molecule has 0 aliphatic heterocycles. The lowest BCUT2D eigenvalue weighted by atomic mass is 9.88. The molecule has 0 bridgehead atoms. The minimum Gasteiger partial charge on any atom is -0.417 e. The third-order valence-corrected chi connectivity index (χ3v) is 2.97. The van der Waals surface area contributed by atoms with Gasteiger partial charge in [0, 0.05) is 16.6 Å². The lowest BCUT2D eigenvalue weighted by molar-refractivity contribution is 0.178. The Kier molecular flexibility index (Phi) is 3.09. The van der Waals surface area contributed by atoms with Crippen LogP contribution in [-0.4, -0.2) is 11.8 Å². The Morgan fingerprint density at radius 3 is 2.59 bits per heavy atom. The second-order valence-corrected chi connectivity index (χ2v) is 6.00. The zero-order valence-corrected chi connectivity index (χ0v) is 11.5. The molecule has 0 aliphatic carbocycles. The van der Waals surface area contributed by atoms with Crippen LogP contribution in [0.4, 0.5) is 0 Å². The van der Waals surface area contributed by atoms with Gasteiger partial charge in [-0.3, -0.25) is 0 Å². The molecule has 0 N–H and O–H groups in total. The second kappa shape index (κ2) is 4.26. The van der Waals surface area contributed by atoms with Crippen LogP contribution < -0.4 is 4.84 Å². The standard InChI is InChI=1S/C14H18ClNO/c1-14(2,3)8-10-9-16(17-4)13-7-11(15)5-6-12(10)13/h5-7,9H,8H2,1-4H3. The van der Waals surface area contributed by atoms with E-state index in [-0.39, 0.29) is 5.41 Å². The molecule has 0 amide bonds. The number of benzene rings is 1. The van der Waals surface area contributed by atoms with E-state index in [4.69, 9.17) is 16.4 Å². The topological polar surface area (TPSA) is 14.2 Å². The monoisotopic (exact) mass is 251 g/mol. The number of nitrogens with zero attached hydrogens (tertiary/aromatic N) is 1. The Morgan fingerprint density at radius 1 is 1.29 bits per heavy atom. The predicted molar refractivity (Wildman–Crippen MR) is 72.6 cm³/mol. The van der Waals surface area contributed by atoms with Gasteiger partial charge in [-0.2, -0.15) is 4.73 Å². The smallest absolute Gasteiger partial charge is 0.104 e. The normalized spacial score (nSPS) is 12.1. The molecule has 0 spiro atoms. The molecular formula is C14H18ClNO. The summed E-state index contributed by atoms with van der Waals surface area (Å²) in [4.78, 5) is 5.34. The Bertz CT molecular complexity index is 537. The first kappa shape index (κ1) is 12.3. The fraction of sp³-hybridized carbons (Fsp3) is 0.429. The van der Waals surface area contributed by atoms with Crippen molar-refractivity contribution in [1.29, 1.82) is 0 Å². The first-order valence-corrected chi connectivity index (χ1v) is 6.12. The Balaban J connectivity index is 2.57. The molecule has 1 heterocycles. The van der Waals surface area contributed by atoms with Crippen molar-refractivity contribution in [1.82, 2.24) is 4.73 Å². The second-order valence-electron chi connectivity index (χ2n) is 5.56. The summed E-state index contributed by atoms with van der Waals surface area (Å²) in [5.74, 6) is 0. The van der Waals surface area contributed by atoms with Crippen LogP contribution in [0.5, 0.6) is 0 Å². The van der Waals surface area contributed by atoms with Gasteiger partial charge in [0.25, 0.3) is 0 Å². The molecule has 0 atom stereocenters. The molecule has 0 saturated carbocycles. The molecule has 1 aromatic heterocycles. The molecule has 0 saturated heterocycles. The van der Waals surface area contributed by atoms with Crippen molar-refractivity contribution in [2.75, 3.05) is 7.11 Å². The van der Waals surface area contributed by atoms with Gasteiger partial charge in [0.15, 0.2) is 0 Å². The number of aromatic nitrogens is 1. The van der Waals surface area contributed by atoms with E-state index in [9.17, 15) is 0 Å². The Hall–Kier alpha value is -1.15. The summed E-state index contributed by atoms with van der Waals surface area (Å²) in [6, 6.07) is 5.93. The van der Waals surface area contributed by atoms with E-state index in [0.29, 0.717) is 0 Å². The summed E-state index contributed by atoms with van der Waals surface area (Å²) < 4.78 is 1.78. The van der Waals surface area contributed by atoms with E-state index in [0.717, 1.165) is 17.0 Å². The largest absolute Gasteiger partial charge is 0.417 e. The molecule has 0 unspecified atom stereocenters. The maximum absolute atomic E-state index is 6.02. The zero-order chi connectivity index (χ0) is 12.6. The number of rotatable bonds is 2. The van der Waals surface area contributed by atoms with E-state index in [1.54, 1.807) is 11.8 Å². The van der Waals surface area contributed by atoms with E-state index in [1.807, 2.05) is 18.3 Å². The number of hydrogen-bond donors (Lipinski definition) is 0. The minimum atomic E-state index is 0.256. The number of hydrogen-bond acceptors (Lipinski definition) is 1. The third kappa shape index (κ3) is 2.58. The summed E-state index contributed by atoms with van der Waals surface area (Å²) >= 11 is 6.02. The van der Waals surface area contributed by atoms with Crippen molar-refractivity contribution in [3.8, 4) is 0 Å². The number of halogens is 1. The van der Waals surface area contributed by atoms with Gasteiger partial charge in [-0.05, 0) is 29.5 Å². The molecule has 3 heteroatoms. The highest BCUT2D eigenvalue weighted by atomic mass is 35.5. The minimum absolute atomic E-state index is 0.256. The van der Waals surface area contributed by atoms with Crippen molar-refractivity contribution in [2.45, 2.75) is 27.2 Å².